The standard InChI is InChI=1S/C21H22FN5O2/c1-21(2)12-27(11-18(29-21)14-4-6-15(22)7-5-14)20-25-17(10-19(28)26(20)3)16-8-9-23-13-24-16/h4-10,13,18H,11-12H2,1-3H3. The van der Waals surface area contributed by atoms with Crippen molar-refractivity contribution in [1.29, 1.82) is 0 Å². The van der Waals surface area contributed by atoms with Gasteiger partial charge < -0.3 is 9.64 Å². The van der Waals surface area contributed by atoms with Crippen molar-refractivity contribution in [2.45, 2.75) is 25.6 Å². The highest BCUT2D eigenvalue weighted by molar-refractivity contribution is 5.55. The molecule has 29 heavy (non-hydrogen) atoms. The van der Waals surface area contributed by atoms with E-state index in [4.69, 9.17) is 9.72 Å². The minimum Gasteiger partial charge on any atom is -0.364 e. The number of ether oxygens (including phenoxy) is 1. The average Bonchev–Trinajstić information content (AvgIpc) is 2.70. The van der Waals surface area contributed by atoms with Gasteiger partial charge in [-0.05, 0) is 37.6 Å². The maximum absolute atomic E-state index is 13.3. The summed E-state index contributed by atoms with van der Waals surface area (Å²) in [6.07, 6.45) is 2.76. The second-order valence-electron chi connectivity index (χ2n) is 7.73. The van der Waals surface area contributed by atoms with Crippen LogP contribution in [0.15, 0.2) is 53.7 Å². The van der Waals surface area contributed by atoms with Gasteiger partial charge in [0.2, 0.25) is 5.95 Å². The third-order valence-corrected chi connectivity index (χ3v) is 4.90. The van der Waals surface area contributed by atoms with E-state index in [-0.39, 0.29) is 17.5 Å². The quantitative estimate of drug-likeness (QED) is 0.679. The van der Waals surface area contributed by atoms with Gasteiger partial charge in [0.05, 0.1) is 23.5 Å². The maximum Gasteiger partial charge on any atom is 0.255 e. The van der Waals surface area contributed by atoms with Crippen molar-refractivity contribution in [2.75, 3.05) is 18.0 Å². The van der Waals surface area contributed by atoms with Crippen LogP contribution < -0.4 is 10.5 Å². The molecular weight excluding hydrogens is 373 g/mol. The highest BCUT2D eigenvalue weighted by Gasteiger charge is 2.36. The van der Waals surface area contributed by atoms with Crippen LogP contribution >= 0.6 is 0 Å². The third-order valence-electron chi connectivity index (χ3n) is 4.90. The van der Waals surface area contributed by atoms with Crippen LogP contribution in [0, 0.1) is 5.82 Å². The smallest absolute Gasteiger partial charge is 0.255 e. The molecule has 3 heterocycles. The largest absolute Gasteiger partial charge is 0.364 e. The molecule has 1 fully saturated rings. The van der Waals surface area contributed by atoms with Crippen LogP contribution in [0.1, 0.15) is 25.5 Å². The van der Waals surface area contributed by atoms with Crippen molar-refractivity contribution in [2.24, 2.45) is 7.05 Å². The molecule has 1 aliphatic heterocycles. The number of anilines is 1. The number of benzene rings is 1. The first-order valence-electron chi connectivity index (χ1n) is 9.35. The Morgan fingerprint density at radius 1 is 1.17 bits per heavy atom. The Balaban J connectivity index is 1.74. The summed E-state index contributed by atoms with van der Waals surface area (Å²) >= 11 is 0. The predicted molar refractivity (Wildman–Crippen MR) is 107 cm³/mol. The van der Waals surface area contributed by atoms with Gasteiger partial charge in [-0.1, -0.05) is 12.1 Å². The lowest BCUT2D eigenvalue weighted by Gasteiger charge is -2.43. The zero-order valence-corrected chi connectivity index (χ0v) is 16.5. The first-order chi connectivity index (χ1) is 13.8. The fourth-order valence-corrected chi connectivity index (χ4v) is 3.57. The fraction of sp³-hybridized carbons (Fsp3) is 0.333. The van der Waals surface area contributed by atoms with Crippen molar-refractivity contribution in [3.05, 3.63) is 70.7 Å². The van der Waals surface area contributed by atoms with Crippen LogP contribution in [0.3, 0.4) is 0 Å². The van der Waals surface area contributed by atoms with Crippen LogP contribution in [0.2, 0.25) is 0 Å². The van der Waals surface area contributed by atoms with E-state index in [1.165, 1.54) is 29.1 Å². The topological polar surface area (TPSA) is 73.1 Å². The summed E-state index contributed by atoms with van der Waals surface area (Å²) in [5, 5.41) is 0. The van der Waals surface area contributed by atoms with Crippen molar-refractivity contribution in [1.82, 2.24) is 19.5 Å². The summed E-state index contributed by atoms with van der Waals surface area (Å²) in [6.45, 7) is 5.02. The van der Waals surface area contributed by atoms with Crippen LogP contribution in [-0.2, 0) is 11.8 Å². The van der Waals surface area contributed by atoms with Crippen molar-refractivity contribution in [3.8, 4) is 11.4 Å². The SMILES string of the molecule is Cn1c(N2CC(c3ccc(F)cc3)OC(C)(C)C2)nc(-c2ccncn2)cc1=O. The normalized spacial score (nSPS) is 18.6. The number of nitrogens with zero attached hydrogens (tertiary/aromatic N) is 5. The summed E-state index contributed by atoms with van der Waals surface area (Å²) < 4.78 is 21.1. The van der Waals surface area contributed by atoms with Gasteiger partial charge in [-0.15, -0.1) is 0 Å². The van der Waals surface area contributed by atoms with Gasteiger partial charge in [0.25, 0.3) is 5.56 Å². The number of halogens is 1. The van der Waals surface area contributed by atoms with Gasteiger partial charge in [-0.25, -0.2) is 19.3 Å². The molecule has 1 atom stereocenters. The summed E-state index contributed by atoms with van der Waals surface area (Å²) in [6, 6.07) is 9.49. The second kappa shape index (κ2) is 7.36. The van der Waals surface area contributed by atoms with E-state index in [1.54, 1.807) is 31.4 Å². The van der Waals surface area contributed by atoms with Crippen molar-refractivity contribution >= 4 is 5.95 Å². The Morgan fingerprint density at radius 2 is 1.93 bits per heavy atom. The molecule has 2 aromatic heterocycles. The molecule has 0 radical (unpaired) electrons. The minimum atomic E-state index is -0.486. The molecule has 0 amide bonds. The van der Waals surface area contributed by atoms with Gasteiger partial charge in [0, 0.05) is 25.9 Å². The molecule has 8 heteroatoms. The summed E-state index contributed by atoms with van der Waals surface area (Å²) in [5.41, 5.74) is 1.29. The first-order valence-corrected chi connectivity index (χ1v) is 9.35. The first kappa shape index (κ1) is 19.2. The Kier molecular flexibility index (Phi) is 4.87. The highest BCUT2D eigenvalue weighted by atomic mass is 19.1. The molecule has 1 aromatic carbocycles. The van der Waals surface area contributed by atoms with Gasteiger partial charge in [0.15, 0.2) is 0 Å². The lowest BCUT2D eigenvalue weighted by atomic mass is 10.0. The molecule has 1 saturated heterocycles. The van der Waals surface area contributed by atoms with Gasteiger partial charge in [-0.2, -0.15) is 0 Å². The Morgan fingerprint density at radius 3 is 2.62 bits per heavy atom. The molecule has 1 aliphatic rings. The molecule has 0 spiro atoms. The lowest BCUT2D eigenvalue weighted by molar-refractivity contribution is -0.0861. The van der Waals surface area contributed by atoms with E-state index in [9.17, 15) is 9.18 Å². The number of rotatable bonds is 3. The molecule has 0 bridgehead atoms. The van der Waals surface area contributed by atoms with Gasteiger partial charge >= 0.3 is 0 Å². The molecule has 3 aromatic rings. The second-order valence-corrected chi connectivity index (χ2v) is 7.73. The van der Waals surface area contributed by atoms with E-state index in [0.29, 0.717) is 30.4 Å². The number of hydrogen-bond acceptors (Lipinski definition) is 6. The van der Waals surface area contributed by atoms with Crippen molar-refractivity contribution in [3.63, 3.8) is 0 Å². The van der Waals surface area contributed by atoms with E-state index in [0.717, 1.165) is 5.56 Å². The molecule has 0 N–H and O–H groups in total. The van der Waals surface area contributed by atoms with Gasteiger partial charge in [-0.3, -0.25) is 9.36 Å². The van der Waals surface area contributed by atoms with E-state index < -0.39 is 5.60 Å². The Hall–Kier alpha value is -3.13. The van der Waals surface area contributed by atoms with Crippen LogP contribution in [-0.4, -0.2) is 38.2 Å². The molecule has 150 valence electrons. The zero-order chi connectivity index (χ0) is 20.6. The van der Waals surface area contributed by atoms with E-state index in [2.05, 4.69) is 9.97 Å². The number of hydrogen-bond donors (Lipinski definition) is 0. The summed E-state index contributed by atoms with van der Waals surface area (Å²) in [7, 11) is 1.70. The fourth-order valence-electron chi connectivity index (χ4n) is 3.57. The monoisotopic (exact) mass is 395 g/mol. The maximum atomic E-state index is 13.3. The number of morpholine rings is 1. The molecule has 1 unspecified atom stereocenters. The number of aromatic nitrogens is 4. The molecule has 0 saturated carbocycles. The summed E-state index contributed by atoms with van der Waals surface area (Å²) in [5.74, 6) is 0.247. The molecule has 0 aliphatic carbocycles. The van der Waals surface area contributed by atoms with Crippen LogP contribution in [0.4, 0.5) is 10.3 Å². The highest BCUT2D eigenvalue weighted by Crippen LogP contribution is 2.33. The van der Waals surface area contributed by atoms with E-state index in [1.807, 2.05) is 18.7 Å². The Bertz CT molecular complexity index is 1070. The zero-order valence-electron chi connectivity index (χ0n) is 16.5. The molecule has 4 rings (SSSR count). The minimum absolute atomic E-state index is 0.175. The van der Waals surface area contributed by atoms with Crippen molar-refractivity contribution < 1.29 is 9.13 Å². The lowest BCUT2D eigenvalue weighted by Crippen LogP contribution is -2.51. The van der Waals surface area contributed by atoms with E-state index >= 15 is 0 Å². The van der Waals surface area contributed by atoms with Gasteiger partial charge in [0.1, 0.15) is 18.2 Å². The van der Waals surface area contributed by atoms with Crippen LogP contribution in [0.5, 0.6) is 0 Å². The summed E-state index contributed by atoms with van der Waals surface area (Å²) in [4.78, 5) is 27.5. The average molecular weight is 395 g/mol. The molecular formula is C21H22FN5O2. The Labute approximate surface area is 167 Å². The third kappa shape index (κ3) is 4.02. The van der Waals surface area contributed by atoms with Crippen LogP contribution in [0.25, 0.3) is 11.4 Å². The molecule has 7 nitrogen and oxygen atoms in total. The predicted octanol–water partition coefficient (Wildman–Crippen LogP) is 2.73.